The highest BCUT2D eigenvalue weighted by atomic mass is 32.1. The summed E-state index contributed by atoms with van der Waals surface area (Å²) in [6, 6.07) is 15.1. The second-order valence-electron chi connectivity index (χ2n) is 7.39. The Labute approximate surface area is 195 Å². The molecule has 10 heteroatoms. The first-order valence-electron chi connectivity index (χ1n) is 10.5. The predicted molar refractivity (Wildman–Crippen MR) is 129 cm³/mol. The monoisotopic (exact) mass is 466 g/mol. The standard InChI is InChI=1S/C23H26N6O3S/c24-23(25)26-12-6-10-17(20(31)22-29-16-9-4-5-11-19(16)33-22)28-21(32)18(27-14-30)13-15-7-2-1-3-8-15/h1-5,7-9,11,14,17-18H,6,10,12-13H2,(H,27,30)(H,28,32)(H4,24,25,26). The Hall–Kier alpha value is -3.79. The maximum absolute atomic E-state index is 13.3. The number of carbonyl (C=O) groups is 3. The van der Waals surface area contributed by atoms with Crippen molar-refractivity contribution in [1.29, 1.82) is 0 Å². The van der Waals surface area contributed by atoms with E-state index in [2.05, 4.69) is 20.6 Å². The number of ketones is 1. The number of guanidine groups is 1. The van der Waals surface area contributed by atoms with Gasteiger partial charge in [0, 0.05) is 13.0 Å². The van der Waals surface area contributed by atoms with E-state index in [-0.39, 0.29) is 11.7 Å². The van der Waals surface area contributed by atoms with E-state index >= 15 is 0 Å². The molecule has 1 aromatic heterocycles. The fourth-order valence-electron chi connectivity index (χ4n) is 3.33. The van der Waals surface area contributed by atoms with Crippen LogP contribution in [0.1, 0.15) is 28.2 Å². The fourth-order valence-corrected chi connectivity index (χ4v) is 4.29. The number of hydrogen-bond donors (Lipinski definition) is 4. The van der Waals surface area contributed by atoms with Gasteiger partial charge in [0.15, 0.2) is 11.0 Å². The van der Waals surface area contributed by atoms with Crippen LogP contribution in [0, 0.1) is 0 Å². The van der Waals surface area contributed by atoms with Crippen molar-refractivity contribution in [1.82, 2.24) is 15.6 Å². The van der Waals surface area contributed by atoms with Crippen molar-refractivity contribution in [3.8, 4) is 0 Å². The quantitative estimate of drug-likeness (QED) is 0.104. The van der Waals surface area contributed by atoms with E-state index in [4.69, 9.17) is 11.5 Å². The lowest BCUT2D eigenvalue weighted by molar-refractivity contribution is -0.125. The molecule has 3 aromatic rings. The number of nitrogens with zero attached hydrogens (tertiary/aromatic N) is 2. The third kappa shape index (κ3) is 6.84. The normalized spacial score (nSPS) is 12.5. The van der Waals surface area contributed by atoms with Gasteiger partial charge in [-0.3, -0.25) is 19.4 Å². The first kappa shape index (κ1) is 23.9. The highest BCUT2D eigenvalue weighted by Gasteiger charge is 2.28. The Morgan fingerprint density at radius 3 is 2.48 bits per heavy atom. The largest absolute Gasteiger partial charge is 0.370 e. The molecule has 1 heterocycles. The van der Waals surface area contributed by atoms with Gasteiger partial charge in [-0.1, -0.05) is 42.5 Å². The van der Waals surface area contributed by atoms with Crippen LogP contribution in [-0.2, 0) is 16.0 Å². The molecule has 2 unspecified atom stereocenters. The number of benzene rings is 2. The molecule has 0 bridgehead atoms. The fraction of sp³-hybridized carbons (Fsp3) is 0.261. The smallest absolute Gasteiger partial charge is 0.243 e. The van der Waals surface area contributed by atoms with Gasteiger partial charge in [-0.2, -0.15) is 0 Å². The number of fused-ring (bicyclic) bond motifs is 1. The Balaban J connectivity index is 1.77. The van der Waals surface area contributed by atoms with Gasteiger partial charge in [-0.05, 0) is 30.5 Å². The maximum Gasteiger partial charge on any atom is 0.243 e. The Morgan fingerprint density at radius 1 is 1.06 bits per heavy atom. The third-order valence-corrected chi connectivity index (χ3v) is 6.00. The average Bonchev–Trinajstić information content (AvgIpc) is 3.25. The molecule has 2 atom stereocenters. The summed E-state index contributed by atoms with van der Waals surface area (Å²) in [4.78, 5) is 45.8. The van der Waals surface area contributed by atoms with Gasteiger partial charge in [0.1, 0.15) is 6.04 Å². The van der Waals surface area contributed by atoms with Crippen LogP contribution in [0.2, 0.25) is 0 Å². The Kier molecular flexibility index (Phi) is 8.48. The van der Waals surface area contributed by atoms with Gasteiger partial charge in [-0.15, -0.1) is 11.3 Å². The van der Waals surface area contributed by atoms with E-state index in [9.17, 15) is 14.4 Å². The van der Waals surface area contributed by atoms with Crippen molar-refractivity contribution in [3.63, 3.8) is 0 Å². The number of aromatic nitrogens is 1. The van der Waals surface area contributed by atoms with Crippen LogP contribution < -0.4 is 22.1 Å². The van der Waals surface area contributed by atoms with Crippen LogP contribution in [0.15, 0.2) is 59.6 Å². The molecule has 0 saturated heterocycles. The lowest BCUT2D eigenvalue weighted by Gasteiger charge is -2.21. The molecule has 2 aromatic carbocycles. The zero-order valence-electron chi connectivity index (χ0n) is 17.9. The molecule has 0 saturated carbocycles. The summed E-state index contributed by atoms with van der Waals surface area (Å²) >= 11 is 1.27. The van der Waals surface area contributed by atoms with Crippen LogP contribution in [0.4, 0.5) is 0 Å². The van der Waals surface area contributed by atoms with Crippen LogP contribution in [0.3, 0.4) is 0 Å². The molecule has 3 rings (SSSR count). The molecular weight excluding hydrogens is 440 g/mol. The number of amides is 2. The van der Waals surface area contributed by atoms with Gasteiger partial charge in [-0.25, -0.2) is 4.98 Å². The molecule has 0 fully saturated rings. The van der Waals surface area contributed by atoms with Gasteiger partial charge in [0.05, 0.1) is 16.3 Å². The summed E-state index contributed by atoms with van der Waals surface area (Å²) in [5.74, 6) is -0.780. The number of carbonyl (C=O) groups excluding carboxylic acids is 3. The summed E-state index contributed by atoms with van der Waals surface area (Å²) in [5.41, 5.74) is 12.3. The van der Waals surface area contributed by atoms with Crippen molar-refractivity contribution in [2.75, 3.05) is 6.54 Å². The second kappa shape index (κ2) is 11.7. The summed E-state index contributed by atoms with van der Waals surface area (Å²) in [6.07, 6.45) is 1.57. The van der Waals surface area contributed by atoms with Crippen molar-refractivity contribution in [2.45, 2.75) is 31.3 Å². The van der Waals surface area contributed by atoms with Crippen LogP contribution in [0.5, 0.6) is 0 Å². The van der Waals surface area contributed by atoms with Crippen LogP contribution >= 0.6 is 11.3 Å². The van der Waals surface area contributed by atoms with Crippen LogP contribution in [-0.4, -0.2) is 47.7 Å². The zero-order chi connectivity index (χ0) is 23.6. The van der Waals surface area contributed by atoms with Crippen molar-refractivity contribution in [3.05, 3.63) is 65.2 Å². The SMILES string of the molecule is NC(N)=NCCCC(NC(=O)C(Cc1ccccc1)NC=O)C(=O)c1nc2ccccc2s1. The predicted octanol–water partition coefficient (Wildman–Crippen LogP) is 1.37. The number of hydrogen-bond acceptors (Lipinski definition) is 6. The van der Waals surface area contributed by atoms with Gasteiger partial charge >= 0.3 is 0 Å². The molecule has 0 aliphatic carbocycles. The number of para-hydroxylation sites is 1. The first-order valence-corrected chi connectivity index (χ1v) is 11.3. The molecule has 33 heavy (non-hydrogen) atoms. The zero-order valence-corrected chi connectivity index (χ0v) is 18.8. The minimum absolute atomic E-state index is 0.0359. The van der Waals surface area contributed by atoms with Crippen molar-refractivity contribution >= 4 is 45.6 Å². The van der Waals surface area contributed by atoms with Crippen molar-refractivity contribution in [2.24, 2.45) is 16.5 Å². The molecule has 0 aliphatic heterocycles. The third-order valence-electron chi connectivity index (χ3n) is 4.95. The van der Waals surface area contributed by atoms with E-state index in [1.54, 1.807) is 0 Å². The molecule has 0 aliphatic rings. The topological polar surface area (TPSA) is 153 Å². The average molecular weight is 467 g/mol. The van der Waals surface area contributed by atoms with Gasteiger partial charge in [0.2, 0.25) is 18.1 Å². The lowest BCUT2D eigenvalue weighted by Crippen LogP contribution is -2.50. The molecular formula is C23H26N6O3S. The summed E-state index contributed by atoms with van der Waals surface area (Å²) in [5, 5.41) is 5.66. The number of Topliss-reactive ketones (excluding diaryl/α,β-unsaturated/α-hetero) is 1. The minimum atomic E-state index is -0.834. The summed E-state index contributed by atoms with van der Waals surface area (Å²) in [7, 11) is 0. The van der Waals surface area contributed by atoms with Gasteiger partial charge in [0.25, 0.3) is 0 Å². The van der Waals surface area contributed by atoms with E-state index in [1.807, 2.05) is 54.6 Å². The summed E-state index contributed by atoms with van der Waals surface area (Å²) < 4.78 is 0.885. The molecule has 2 amide bonds. The number of nitrogens with one attached hydrogen (secondary N) is 2. The lowest BCUT2D eigenvalue weighted by atomic mass is 10.0. The van der Waals surface area contributed by atoms with Crippen LogP contribution in [0.25, 0.3) is 10.2 Å². The number of nitrogens with two attached hydrogens (primary N) is 2. The van der Waals surface area contributed by atoms with E-state index in [1.165, 1.54) is 11.3 Å². The summed E-state index contributed by atoms with van der Waals surface area (Å²) in [6.45, 7) is 0.321. The molecule has 0 spiro atoms. The molecule has 0 radical (unpaired) electrons. The maximum atomic E-state index is 13.3. The van der Waals surface area contributed by atoms with Gasteiger partial charge < -0.3 is 22.1 Å². The molecule has 6 N–H and O–H groups in total. The number of rotatable bonds is 12. The number of aliphatic imine (C=N–C) groups is 1. The highest BCUT2D eigenvalue weighted by Crippen LogP contribution is 2.23. The Morgan fingerprint density at radius 2 is 1.79 bits per heavy atom. The second-order valence-corrected chi connectivity index (χ2v) is 8.42. The minimum Gasteiger partial charge on any atom is -0.370 e. The van der Waals surface area contributed by atoms with Crippen molar-refractivity contribution < 1.29 is 14.4 Å². The Bertz CT molecular complexity index is 1090. The van der Waals surface area contributed by atoms with E-state index in [0.717, 1.165) is 15.8 Å². The molecule has 9 nitrogen and oxygen atoms in total. The molecule has 172 valence electrons. The van der Waals surface area contributed by atoms with E-state index < -0.39 is 18.0 Å². The first-order chi connectivity index (χ1) is 16.0. The van der Waals surface area contributed by atoms with E-state index in [0.29, 0.717) is 37.2 Å². The highest BCUT2D eigenvalue weighted by molar-refractivity contribution is 7.20. The number of thiazole rings is 1.